The zero-order chi connectivity index (χ0) is 11.0. The average molecular weight is 224 g/mol. The Hall–Kier alpha value is -0.660. The first-order chi connectivity index (χ1) is 6.45. The molecule has 14 heavy (non-hydrogen) atoms. The van der Waals surface area contributed by atoms with E-state index in [1.807, 2.05) is 0 Å². The Labute approximate surface area is 83.7 Å². The molecule has 0 aromatic heterocycles. The molecule has 84 valence electrons. The Kier molecular flexibility index (Phi) is 6.43. The Morgan fingerprint density at radius 2 is 2.07 bits per heavy atom. The number of ether oxygens (including phenoxy) is 1. The maximum absolute atomic E-state index is 10.9. The van der Waals surface area contributed by atoms with E-state index in [0.717, 1.165) is 6.26 Å². The van der Waals surface area contributed by atoms with E-state index in [-0.39, 0.29) is 0 Å². The lowest BCUT2D eigenvalue weighted by atomic mass is 10.6. The van der Waals surface area contributed by atoms with Crippen LogP contribution in [0.4, 0.5) is 0 Å². The summed E-state index contributed by atoms with van der Waals surface area (Å²) in [6.07, 6.45) is 1.01. The topological polar surface area (TPSA) is 98.5 Å². The van der Waals surface area contributed by atoms with Crippen molar-refractivity contribution in [2.75, 3.05) is 38.3 Å². The van der Waals surface area contributed by atoms with Gasteiger partial charge in [0.15, 0.2) is 9.84 Å². The number of sulfone groups is 1. The molecule has 0 aliphatic rings. The molecule has 0 radical (unpaired) electrons. The average Bonchev–Trinajstić information content (AvgIpc) is 2.00. The third-order valence-electron chi connectivity index (χ3n) is 1.22. The molecular weight excluding hydrogens is 208 g/mol. The van der Waals surface area contributed by atoms with Gasteiger partial charge in [0.25, 0.3) is 0 Å². The van der Waals surface area contributed by atoms with Crippen LogP contribution in [0.3, 0.4) is 0 Å². The van der Waals surface area contributed by atoms with Crippen molar-refractivity contribution in [2.45, 2.75) is 0 Å². The minimum Gasteiger partial charge on any atom is -0.378 e. The molecule has 0 aromatic rings. The second-order valence-electron chi connectivity index (χ2n) is 2.82. The summed E-state index contributed by atoms with van der Waals surface area (Å²) in [5, 5.41) is 2.41. The normalized spacial score (nSPS) is 11.3. The summed E-state index contributed by atoms with van der Waals surface area (Å²) in [6.45, 7) is 1.50. The molecule has 0 saturated heterocycles. The van der Waals surface area contributed by atoms with Gasteiger partial charge in [-0.25, -0.2) is 8.42 Å². The van der Waals surface area contributed by atoms with E-state index < -0.39 is 21.5 Å². The zero-order valence-corrected chi connectivity index (χ0v) is 8.97. The van der Waals surface area contributed by atoms with Gasteiger partial charge in [0.2, 0.25) is 5.91 Å². The molecule has 0 saturated carbocycles. The van der Waals surface area contributed by atoms with Crippen molar-refractivity contribution in [3.8, 4) is 0 Å². The van der Waals surface area contributed by atoms with Crippen LogP contribution >= 0.6 is 0 Å². The van der Waals surface area contributed by atoms with Crippen molar-refractivity contribution in [1.29, 1.82) is 0 Å². The molecule has 0 bridgehead atoms. The van der Waals surface area contributed by atoms with Crippen molar-refractivity contribution in [2.24, 2.45) is 5.73 Å². The summed E-state index contributed by atoms with van der Waals surface area (Å²) in [6, 6.07) is 0. The first-order valence-corrected chi connectivity index (χ1v) is 6.24. The smallest absolute Gasteiger partial charge is 0.235 e. The van der Waals surface area contributed by atoms with Crippen LogP contribution in [0, 0.1) is 0 Å². The molecule has 0 aliphatic heterocycles. The van der Waals surface area contributed by atoms with Crippen molar-refractivity contribution in [1.82, 2.24) is 5.32 Å². The van der Waals surface area contributed by atoms with E-state index in [2.05, 4.69) is 5.32 Å². The van der Waals surface area contributed by atoms with Gasteiger partial charge in [-0.3, -0.25) is 4.79 Å². The highest BCUT2D eigenvalue weighted by molar-refractivity contribution is 7.91. The third-order valence-corrected chi connectivity index (χ3v) is 2.01. The summed E-state index contributed by atoms with van der Waals surface area (Å²) < 4.78 is 26.3. The number of hydrogen-bond acceptors (Lipinski definition) is 5. The number of nitrogens with one attached hydrogen (secondary N) is 1. The van der Waals surface area contributed by atoms with Crippen LogP contribution in [-0.4, -0.2) is 52.6 Å². The lowest BCUT2D eigenvalue weighted by Gasteiger charge is -2.04. The lowest BCUT2D eigenvalue weighted by molar-refractivity contribution is -0.118. The predicted octanol–water partition coefficient (Wildman–Crippen LogP) is -1.88. The SMILES string of the molecule is CS(=O)(=O)CC(=O)NCCOCCN. The maximum Gasteiger partial charge on any atom is 0.235 e. The molecule has 0 heterocycles. The fraction of sp³-hybridized carbons (Fsp3) is 0.857. The summed E-state index contributed by atoms with van der Waals surface area (Å²) in [7, 11) is -3.24. The number of carbonyl (C=O) groups excluding carboxylic acids is 1. The largest absolute Gasteiger partial charge is 0.378 e. The molecule has 1 amide bonds. The molecule has 0 rings (SSSR count). The van der Waals surface area contributed by atoms with E-state index in [1.54, 1.807) is 0 Å². The van der Waals surface area contributed by atoms with E-state index in [0.29, 0.717) is 26.3 Å². The number of carbonyl (C=O) groups is 1. The van der Waals surface area contributed by atoms with Crippen LogP contribution < -0.4 is 11.1 Å². The fourth-order valence-electron chi connectivity index (χ4n) is 0.737. The molecule has 0 spiro atoms. The Morgan fingerprint density at radius 3 is 2.57 bits per heavy atom. The van der Waals surface area contributed by atoms with Gasteiger partial charge in [0.05, 0.1) is 13.2 Å². The van der Waals surface area contributed by atoms with E-state index in [4.69, 9.17) is 10.5 Å². The molecule has 7 heteroatoms. The van der Waals surface area contributed by atoms with E-state index in [1.165, 1.54) is 0 Å². The highest BCUT2D eigenvalue weighted by Crippen LogP contribution is 1.81. The molecule has 0 atom stereocenters. The van der Waals surface area contributed by atoms with Gasteiger partial charge in [0.1, 0.15) is 5.75 Å². The Balaban J connectivity index is 3.46. The standard InChI is InChI=1S/C7H16N2O4S/c1-14(11,12)6-7(10)9-3-5-13-4-2-8/h2-6,8H2,1H3,(H,9,10). The van der Waals surface area contributed by atoms with Crippen LogP contribution in [0.15, 0.2) is 0 Å². The Morgan fingerprint density at radius 1 is 1.43 bits per heavy atom. The van der Waals surface area contributed by atoms with Gasteiger partial charge in [0, 0.05) is 19.3 Å². The number of rotatable bonds is 7. The first-order valence-electron chi connectivity index (χ1n) is 4.18. The summed E-state index contributed by atoms with van der Waals surface area (Å²) in [5.74, 6) is -0.993. The molecular formula is C7H16N2O4S. The molecule has 0 aromatic carbocycles. The second kappa shape index (κ2) is 6.74. The third kappa shape index (κ3) is 9.43. The highest BCUT2D eigenvalue weighted by atomic mass is 32.2. The highest BCUT2D eigenvalue weighted by Gasteiger charge is 2.09. The first kappa shape index (κ1) is 13.3. The summed E-state index contributed by atoms with van der Waals surface area (Å²) in [5.41, 5.74) is 5.16. The van der Waals surface area contributed by atoms with Crippen molar-refractivity contribution in [3.63, 3.8) is 0 Å². The molecule has 6 nitrogen and oxygen atoms in total. The molecule has 3 N–H and O–H groups in total. The van der Waals surface area contributed by atoms with Crippen LogP contribution in [0.25, 0.3) is 0 Å². The van der Waals surface area contributed by atoms with E-state index in [9.17, 15) is 13.2 Å². The second-order valence-corrected chi connectivity index (χ2v) is 4.96. The molecule has 0 unspecified atom stereocenters. The van der Waals surface area contributed by atoms with E-state index >= 15 is 0 Å². The van der Waals surface area contributed by atoms with Crippen molar-refractivity contribution in [3.05, 3.63) is 0 Å². The monoisotopic (exact) mass is 224 g/mol. The summed E-state index contributed by atoms with van der Waals surface area (Å²) >= 11 is 0. The van der Waals surface area contributed by atoms with Gasteiger partial charge in [-0.05, 0) is 0 Å². The van der Waals surface area contributed by atoms with Crippen LogP contribution in [0.1, 0.15) is 0 Å². The zero-order valence-electron chi connectivity index (χ0n) is 8.15. The lowest BCUT2D eigenvalue weighted by Crippen LogP contribution is -2.32. The summed E-state index contributed by atoms with van der Waals surface area (Å²) in [4.78, 5) is 10.9. The molecule has 0 aliphatic carbocycles. The number of amides is 1. The van der Waals surface area contributed by atoms with Crippen molar-refractivity contribution < 1.29 is 17.9 Å². The van der Waals surface area contributed by atoms with Gasteiger partial charge >= 0.3 is 0 Å². The van der Waals surface area contributed by atoms with Gasteiger partial charge in [-0.15, -0.1) is 0 Å². The maximum atomic E-state index is 10.9. The number of nitrogens with two attached hydrogens (primary N) is 1. The molecule has 0 fully saturated rings. The van der Waals surface area contributed by atoms with Crippen LogP contribution in [0.5, 0.6) is 0 Å². The fourth-order valence-corrected chi connectivity index (χ4v) is 1.32. The van der Waals surface area contributed by atoms with Gasteiger partial charge < -0.3 is 15.8 Å². The number of hydrogen-bond donors (Lipinski definition) is 2. The minimum absolute atomic E-state index is 0.300. The minimum atomic E-state index is -3.24. The Bertz CT molecular complexity index is 263. The van der Waals surface area contributed by atoms with Gasteiger partial charge in [-0.1, -0.05) is 0 Å². The van der Waals surface area contributed by atoms with Crippen LogP contribution in [0.2, 0.25) is 0 Å². The van der Waals surface area contributed by atoms with Crippen LogP contribution in [-0.2, 0) is 19.4 Å². The predicted molar refractivity (Wildman–Crippen MR) is 52.6 cm³/mol. The van der Waals surface area contributed by atoms with Crippen molar-refractivity contribution >= 4 is 15.7 Å². The van der Waals surface area contributed by atoms with Gasteiger partial charge in [-0.2, -0.15) is 0 Å². The quantitative estimate of drug-likeness (QED) is 0.493.